The van der Waals surface area contributed by atoms with Gasteiger partial charge in [-0.2, -0.15) is 0 Å². The fourth-order valence-electron chi connectivity index (χ4n) is 3.23. The Balaban J connectivity index is 1.82. The molecule has 2 aliphatic rings. The monoisotopic (exact) mass is 257 g/mol. The fraction of sp³-hybridized carbons (Fsp3) is 0.529. The second-order valence-corrected chi connectivity index (χ2v) is 5.59. The molecule has 2 heteroatoms. The number of para-hydroxylation sites is 1. The molecule has 1 aromatic carbocycles. The number of allylic oxidation sites excluding steroid dienone is 1. The molecule has 1 atom stereocenters. The van der Waals surface area contributed by atoms with Gasteiger partial charge in [0, 0.05) is 18.0 Å². The maximum atomic E-state index is 5.84. The summed E-state index contributed by atoms with van der Waals surface area (Å²) in [7, 11) is 2.06. The molecule has 0 saturated carbocycles. The molecule has 1 aliphatic carbocycles. The minimum Gasteiger partial charge on any atom is -0.493 e. The predicted octanol–water partition coefficient (Wildman–Crippen LogP) is 3.77. The maximum Gasteiger partial charge on any atom is 0.127 e. The number of hydrogen-bond donors (Lipinski definition) is 1. The summed E-state index contributed by atoms with van der Waals surface area (Å²) in [4.78, 5) is 0. The standard InChI is InChI=1S/C17H23NO/c1-18-16(12-13-6-3-2-4-7-13)15-9-5-8-14-10-11-19-17(14)15/h5-6,8-9,16,18H,2-4,7,10-12H2,1H3. The largest absolute Gasteiger partial charge is 0.493 e. The summed E-state index contributed by atoms with van der Waals surface area (Å²) in [6.07, 6.45) is 9.86. The summed E-state index contributed by atoms with van der Waals surface area (Å²) >= 11 is 0. The Morgan fingerprint density at radius 2 is 2.21 bits per heavy atom. The van der Waals surface area contributed by atoms with E-state index in [0.29, 0.717) is 6.04 Å². The molecule has 0 fully saturated rings. The average Bonchev–Trinajstić information content (AvgIpc) is 2.94. The highest BCUT2D eigenvalue weighted by molar-refractivity contribution is 5.46. The molecule has 1 unspecified atom stereocenters. The predicted molar refractivity (Wildman–Crippen MR) is 78.6 cm³/mol. The maximum absolute atomic E-state index is 5.84. The summed E-state index contributed by atoms with van der Waals surface area (Å²) in [6.45, 7) is 0.839. The van der Waals surface area contributed by atoms with Gasteiger partial charge in [0.2, 0.25) is 0 Å². The van der Waals surface area contributed by atoms with Gasteiger partial charge in [0.1, 0.15) is 5.75 Å². The van der Waals surface area contributed by atoms with E-state index in [9.17, 15) is 0 Å². The van der Waals surface area contributed by atoms with Gasteiger partial charge in [0.25, 0.3) is 0 Å². The van der Waals surface area contributed by atoms with Crippen LogP contribution in [0.1, 0.15) is 49.3 Å². The van der Waals surface area contributed by atoms with Crippen molar-refractivity contribution in [2.24, 2.45) is 0 Å². The van der Waals surface area contributed by atoms with Crippen LogP contribution in [0.4, 0.5) is 0 Å². The highest BCUT2D eigenvalue weighted by Gasteiger charge is 2.22. The zero-order chi connectivity index (χ0) is 13.1. The molecule has 19 heavy (non-hydrogen) atoms. The molecule has 1 aliphatic heterocycles. The van der Waals surface area contributed by atoms with Gasteiger partial charge < -0.3 is 10.1 Å². The zero-order valence-electron chi connectivity index (χ0n) is 11.7. The lowest BCUT2D eigenvalue weighted by Crippen LogP contribution is -2.18. The van der Waals surface area contributed by atoms with E-state index in [0.717, 1.165) is 25.2 Å². The van der Waals surface area contributed by atoms with Crippen molar-refractivity contribution in [1.29, 1.82) is 0 Å². The third-order valence-electron chi connectivity index (χ3n) is 4.32. The summed E-state index contributed by atoms with van der Waals surface area (Å²) in [5.41, 5.74) is 4.32. The van der Waals surface area contributed by atoms with Gasteiger partial charge in [0.15, 0.2) is 0 Å². The molecular formula is C17H23NO. The van der Waals surface area contributed by atoms with Crippen LogP contribution in [0.25, 0.3) is 0 Å². The first-order chi connectivity index (χ1) is 9.38. The van der Waals surface area contributed by atoms with E-state index in [-0.39, 0.29) is 0 Å². The van der Waals surface area contributed by atoms with E-state index in [4.69, 9.17) is 4.74 Å². The Bertz CT molecular complexity index is 478. The van der Waals surface area contributed by atoms with Crippen molar-refractivity contribution in [2.45, 2.75) is 44.6 Å². The summed E-state index contributed by atoms with van der Waals surface area (Å²) in [5.74, 6) is 1.14. The Labute approximate surface area is 115 Å². The number of ether oxygens (including phenoxy) is 1. The molecule has 1 N–H and O–H groups in total. The van der Waals surface area contributed by atoms with Crippen LogP contribution < -0.4 is 10.1 Å². The van der Waals surface area contributed by atoms with Gasteiger partial charge in [0.05, 0.1) is 6.61 Å². The molecule has 0 bridgehead atoms. The van der Waals surface area contributed by atoms with Crippen LogP contribution in [0.15, 0.2) is 29.8 Å². The van der Waals surface area contributed by atoms with Gasteiger partial charge in [-0.15, -0.1) is 0 Å². The van der Waals surface area contributed by atoms with Crippen molar-refractivity contribution >= 4 is 0 Å². The molecule has 1 heterocycles. The van der Waals surface area contributed by atoms with Gasteiger partial charge in [-0.3, -0.25) is 0 Å². The first-order valence-electron chi connectivity index (χ1n) is 7.48. The molecule has 0 amide bonds. The lowest BCUT2D eigenvalue weighted by Gasteiger charge is -2.22. The molecule has 2 nitrogen and oxygen atoms in total. The topological polar surface area (TPSA) is 21.3 Å². The van der Waals surface area contributed by atoms with E-state index in [2.05, 4.69) is 36.6 Å². The zero-order valence-corrected chi connectivity index (χ0v) is 11.7. The Hall–Kier alpha value is -1.28. The first kappa shape index (κ1) is 12.7. The Morgan fingerprint density at radius 1 is 1.26 bits per heavy atom. The molecule has 3 rings (SSSR count). The highest BCUT2D eigenvalue weighted by Crippen LogP contribution is 2.36. The van der Waals surface area contributed by atoms with Crippen molar-refractivity contribution in [1.82, 2.24) is 5.32 Å². The minimum atomic E-state index is 0.386. The van der Waals surface area contributed by atoms with Crippen LogP contribution in [-0.2, 0) is 6.42 Å². The Morgan fingerprint density at radius 3 is 3.00 bits per heavy atom. The van der Waals surface area contributed by atoms with Crippen LogP contribution >= 0.6 is 0 Å². The van der Waals surface area contributed by atoms with Crippen molar-refractivity contribution in [3.8, 4) is 5.75 Å². The van der Waals surface area contributed by atoms with Gasteiger partial charge >= 0.3 is 0 Å². The third-order valence-corrected chi connectivity index (χ3v) is 4.32. The fourth-order valence-corrected chi connectivity index (χ4v) is 3.23. The van der Waals surface area contributed by atoms with E-state index in [1.807, 2.05) is 0 Å². The van der Waals surface area contributed by atoms with Gasteiger partial charge in [-0.25, -0.2) is 0 Å². The summed E-state index contributed by atoms with van der Waals surface area (Å²) < 4.78 is 5.84. The molecule has 0 aromatic heterocycles. The molecule has 0 saturated heterocycles. The normalized spacial score (nSPS) is 19.5. The second-order valence-electron chi connectivity index (χ2n) is 5.59. The molecule has 0 radical (unpaired) electrons. The SMILES string of the molecule is CNC(CC1=CCCCC1)c1cccc2c1OCC2. The van der Waals surface area contributed by atoms with Crippen molar-refractivity contribution in [3.05, 3.63) is 41.0 Å². The van der Waals surface area contributed by atoms with Gasteiger partial charge in [-0.1, -0.05) is 29.8 Å². The van der Waals surface area contributed by atoms with Crippen LogP contribution in [0, 0.1) is 0 Å². The van der Waals surface area contributed by atoms with Crippen LogP contribution in [0.3, 0.4) is 0 Å². The third kappa shape index (κ3) is 2.69. The van der Waals surface area contributed by atoms with Crippen molar-refractivity contribution in [3.63, 3.8) is 0 Å². The smallest absolute Gasteiger partial charge is 0.127 e. The van der Waals surface area contributed by atoms with E-state index in [1.165, 1.54) is 36.8 Å². The summed E-state index contributed by atoms with van der Waals surface area (Å²) in [6, 6.07) is 6.97. The summed E-state index contributed by atoms with van der Waals surface area (Å²) in [5, 5.41) is 3.47. The number of fused-ring (bicyclic) bond motifs is 1. The molecular weight excluding hydrogens is 234 g/mol. The van der Waals surface area contributed by atoms with Crippen LogP contribution in [0.2, 0.25) is 0 Å². The highest BCUT2D eigenvalue weighted by atomic mass is 16.5. The number of rotatable bonds is 4. The second kappa shape index (κ2) is 5.79. The molecule has 102 valence electrons. The van der Waals surface area contributed by atoms with Crippen molar-refractivity contribution in [2.75, 3.05) is 13.7 Å². The molecule has 0 spiro atoms. The van der Waals surface area contributed by atoms with E-state index >= 15 is 0 Å². The number of benzene rings is 1. The first-order valence-corrected chi connectivity index (χ1v) is 7.48. The number of hydrogen-bond acceptors (Lipinski definition) is 2. The van der Waals surface area contributed by atoms with Gasteiger partial charge in [-0.05, 0) is 44.7 Å². The van der Waals surface area contributed by atoms with Crippen molar-refractivity contribution < 1.29 is 4.74 Å². The quantitative estimate of drug-likeness (QED) is 0.829. The van der Waals surface area contributed by atoms with Crippen LogP contribution in [0.5, 0.6) is 5.75 Å². The Kier molecular flexibility index (Phi) is 3.88. The van der Waals surface area contributed by atoms with E-state index < -0.39 is 0 Å². The molecule has 1 aromatic rings. The lowest BCUT2D eigenvalue weighted by molar-refractivity contribution is 0.348. The van der Waals surface area contributed by atoms with E-state index in [1.54, 1.807) is 5.57 Å². The number of nitrogens with one attached hydrogen (secondary N) is 1. The average molecular weight is 257 g/mol. The van der Waals surface area contributed by atoms with Crippen LogP contribution in [-0.4, -0.2) is 13.7 Å². The lowest BCUT2D eigenvalue weighted by atomic mass is 9.90. The minimum absolute atomic E-state index is 0.386.